The summed E-state index contributed by atoms with van der Waals surface area (Å²) in [4.78, 5) is 17.8. The number of fused-ring (bicyclic) bond motifs is 1. The molecule has 0 saturated heterocycles. The van der Waals surface area contributed by atoms with Gasteiger partial charge in [0.2, 0.25) is 11.1 Å². The van der Waals surface area contributed by atoms with Crippen LogP contribution in [0.1, 0.15) is 51.3 Å². The monoisotopic (exact) mass is 556 g/mol. The molecule has 0 amide bonds. The average Bonchev–Trinajstić information content (AvgIpc) is 3.29. The van der Waals surface area contributed by atoms with Gasteiger partial charge < -0.3 is 19.5 Å². The highest BCUT2D eigenvalue weighted by Crippen LogP contribution is 2.40. The van der Waals surface area contributed by atoms with Gasteiger partial charge in [-0.3, -0.25) is 0 Å². The second-order valence-corrected chi connectivity index (χ2v) is 10.6. The zero-order valence-corrected chi connectivity index (χ0v) is 23.9. The van der Waals surface area contributed by atoms with Gasteiger partial charge in [0.1, 0.15) is 6.04 Å². The number of methoxy groups -OCH3 is 1. The smallest absolute Gasteiger partial charge is 0.338 e. The number of thioether (sulfide) groups is 1. The normalized spacial score (nSPS) is 14.8. The van der Waals surface area contributed by atoms with Crippen LogP contribution in [0.4, 0.5) is 5.95 Å². The summed E-state index contributed by atoms with van der Waals surface area (Å²) in [5, 5.41) is 9.27. The van der Waals surface area contributed by atoms with E-state index in [1.165, 1.54) is 11.8 Å². The Bertz CT molecular complexity index is 1320. The van der Waals surface area contributed by atoms with Crippen LogP contribution in [0.5, 0.6) is 11.5 Å². The van der Waals surface area contributed by atoms with Gasteiger partial charge in [-0.15, -0.1) is 5.10 Å². The standard InChI is InChI=1S/C28H33ClN4O4S/c1-6-36-26(34)24-18(4)30-27-31-28(38-16-20-9-7-8-10-21(20)29)32-33(27)25(24)19-11-12-22(23(15-19)35-5)37-14-13-17(2)3/h7-12,15,17,25H,6,13-14,16H2,1-5H3,(H,30,31,32). The van der Waals surface area contributed by atoms with E-state index in [1.807, 2.05) is 49.4 Å². The first kappa shape index (κ1) is 27.9. The number of hydrogen-bond donors (Lipinski definition) is 1. The number of ether oxygens (including phenoxy) is 3. The summed E-state index contributed by atoms with van der Waals surface area (Å²) in [5.41, 5.74) is 2.92. The van der Waals surface area contributed by atoms with Crippen molar-refractivity contribution in [2.24, 2.45) is 5.92 Å². The second kappa shape index (κ2) is 12.6. The minimum absolute atomic E-state index is 0.261. The Balaban J connectivity index is 1.69. The van der Waals surface area contributed by atoms with Gasteiger partial charge in [-0.05, 0) is 55.5 Å². The predicted molar refractivity (Wildman–Crippen MR) is 150 cm³/mol. The SMILES string of the molecule is CCOC(=O)C1=C(C)Nc2nc(SCc3ccccc3Cl)nn2C1c1ccc(OCCC(C)C)c(OC)c1. The first-order chi connectivity index (χ1) is 18.3. The van der Waals surface area contributed by atoms with Crippen molar-refractivity contribution in [1.29, 1.82) is 0 Å². The molecule has 0 saturated carbocycles. The number of carbonyl (C=O) groups is 1. The fourth-order valence-electron chi connectivity index (χ4n) is 4.11. The highest BCUT2D eigenvalue weighted by Gasteiger charge is 2.35. The molecule has 1 atom stereocenters. The largest absolute Gasteiger partial charge is 0.493 e. The number of anilines is 1. The predicted octanol–water partition coefficient (Wildman–Crippen LogP) is 6.51. The van der Waals surface area contributed by atoms with Crippen LogP contribution < -0.4 is 14.8 Å². The molecule has 0 radical (unpaired) electrons. The number of allylic oxidation sites excluding steroid dienone is 1. The third-order valence-electron chi connectivity index (χ3n) is 6.10. The van der Waals surface area contributed by atoms with Crippen LogP contribution in [-0.4, -0.2) is 41.1 Å². The molecule has 10 heteroatoms. The molecule has 2 heterocycles. The van der Waals surface area contributed by atoms with Gasteiger partial charge in [-0.25, -0.2) is 9.48 Å². The van der Waals surface area contributed by atoms with Crippen molar-refractivity contribution in [1.82, 2.24) is 14.8 Å². The summed E-state index contributed by atoms with van der Waals surface area (Å²) >= 11 is 7.81. The molecule has 2 aromatic carbocycles. The van der Waals surface area contributed by atoms with Crippen molar-refractivity contribution in [3.05, 3.63) is 69.9 Å². The van der Waals surface area contributed by atoms with Gasteiger partial charge in [-0.1, -0.05) is 61.5 Å². The Morgan fingerprint density at radius 1 is 1.21 bits per heavy atom. The number of carbonyl (C=O) groups excluding carboxylic acids is 1. The van der Waals surface area contributed by atoms with Gasteiger partial charge in [0.25, 0.3) is 0 Å². The molecule has 1 aliphatic rings. The molecule has 38 heavy (non-hydrogen) atoms. The van der Waals surface area contributed by atoms with Crippen molar-refractivity contribution < 1.29 is 19.0 Å². The maximum Gasteiger partial charge on any atom is 0.338 e. The van der Waals surface area contributed by atoms with Gasteiger partial charge >= 0.3 is 5.97 Å². The number of nitrogens with one attached hydrogen (secondary N) is 1. The Morgan fingerprint density at radius 2 is 2.00 bits per heavy atom. The van der Waals surface area contributed by atoms with Gasteiger partial charge in [0.15, 0.2) is 11.5 Å². The maximum absolute atomic E-state index is 13.1. The third-order valence-corrected chi connectivity index (χ3v) is 7.35. The van der Waals surface area contributed by atoms with E-state index in [-0.39, 0.29) is 6.61 Å². The van der Waals surface area contributed by atoms with E-state index in [0.717, 1.165) is 17.5 Å². The lowest BCUT2D eigenvalue weighted by atomic mass is 9.95. The van der Waals surface area contributed by atoms with Gasteiger partial charge in [0.05, 0.1) is 25.9 Å². The quantitative estimate of drug-likeness (QED) is 0.211. The Morgan fingerprint density at radius 3 is 2.71 bits per heavy atom. The van der Waals surface area contributed by atoms with Crippen LogP contribution in [0, 0.1) is 5.92 Å². The summed E-state index contributed by atoms with van der Waals surface area (Å²) in [7, 11) is 1.61. The Labute approximate surface area is 232 Å². The van der Waals surface area contributed by atoms with E-state index in [0.29, 0.717) is 57.2 Å². The van der Waals surface area contributed by atoms with Gasteiger partial charge in [0, 0.05) is 16.5 Å². The molecule has 1 N–H and O–H groups in total. The van der Waals surface area contributed by atoms with E-state index in [2.05, 4.69) is 19.2 Å². The molecule has 0 spiro atoms. The third kappa shape index (κ3) is 6.27. The van der Waals surface area contributed by atoms with E-state index in [4.69, 9.17) is 35.9 Å². The zero-order valence-electron chi connectivity index (χ0n) is 22.3. The number of esters is 1. The second-order valence-electron chi connectivity index (χ2n) is 9.27. The summed E-state index contributed by atoms with van der Waals surface area (Å²) in [5.74, 6) is 2.51. The summed E-state index contributed by atoms with van der Waals surface area (Å²) < 4.78 is 18.8. The fraction of sp³-hybridized carbons (Fsp3) is 0.393. The van der Waals surface area contributed by atoms with Crippen LogP contribution in [0.2, 0.25) is 5.02 Å². The molecule has 0 aliphatic carbocycles. The van der Waals surface area contributed by atoms with E-state index in [1.54, 1.807) is 18.7 Å². The number of benzene rings is 2. The highest BCUT2D eigenvalue weighted by molar-refractivity contribution is 7.98. The fourth-order valence-corrected chi connectivity index (χ4v) is 5.22. The lowest BCUT2D eigenvalue weighted by Gasteiger charge is -2.28. The topological polar surface area (TPSA) is 87.5 Å². The summed E-state index contributed by atoms with van der Waals surface area (Å²) in [6, 6.07) is 12.8. The molecular weight excluding hydrogens is 524 g/mol. The first-order valence-electron chi connectivity index (χ1n) is 12.6. The lowest BCUT2D eigenvalue weighted by Crippen LogP contribution is -2.29. The molecule has 8 nitrogen and oxygen atoms in total. The molecule has 3 aromatic rings. The number of aromatic nitrogens is 3. The molecule has 202 valence electrons. The molecule has 1 aliphatic heterocycles. The molecule has 0 fully saturated rings. The minimum Gasteiger partial charge on any atom is -0.493 e. The molecule has 1 aromatic heterocycles. The summed E-state index contributed by atoms with van der Waals surface area (Å²) in [6.45, 7) is 8.79. The van der Waals surface area contributed by atoms with Crippen molar-refractivity contribution >= 4 is 35.3 Å². The maximum atomic E-state index is 13.1. The van der Waals surface area contributed by atoms with Crippen molar-refractivity contribution in [2.75, 3.05) is 25.6 Å². The average molecular weight is 557 g/mol. The molecule has 0 bridgehead atoms. The lowest BCUT2D eigenvalue weighted by molar-refractivity contribution is -0.139. The van der Waals surface area contributed by atoms with Crippen molar-refractivity contribution in [3.63, 3.8) is 0 Å². The molecular formula is C28H33ClN4O4S. The van der Waals surface area contributed by atoms with Crippen LogP contribution in [0.15, 0.2) is 58.9 Å². The van der Waals surface area contributed by atoms with E-state index >= 15 is 0 Å². The number of halogens is 1. The first-order valence-corrected chi connectivity index (χ1v) is 14.0. The van der Waals surface area contributed by atoms with Crippen LogP contribution in [0.25, 0.3) is 0 Å². The summed E-state index contributed by atoms with van der Waals surface area (Å²) in [6.07, 6.45) is 0.936. The number of rotatable bonds is 11. The van der Waals surface area contributed by atoms with Crippen molar-refractivity contribution in [2.45, 2.75) is 51.1 Å². The van der Waals surface area contributed by atoms with Gasteiger partial charge in [-0.2, -0.15) is 4.98 Å². The molecule has 1 unspecified atom stereocenters. The Kier molecular flexibility index (Phi) is 9.22. The number of nitrogens with zero attached hydrogens (tertiary/aromatic N) is 3. The minimum atomic E-state index is -0.564. The van der Waals surface area contributed by atoms with E-state index in [9.17, 15) is 4.79 Å². The van der Waals surface area contributed by atoms with Crippen LogP contribution >= 0.6 is 23.4 Å². The number of hydrogen-bond acceptors (Lipinski definition) is 8. The highest BCUT2D eigenvalue weighted by atomic mass is 35.5. The Hall–Kier alpha value is -3.17. The molecule has 4 rings (SSSR count). The van der Waals surface area contributed by atoms with Crippen LogP contribution in [-0.2, 0) is 15.3 Å². The van der Waals surface area contributed by atoms with Crippen molar-refractivity contribution in [3.8, 4) is 11.5 Å². The van der Waals surface area contributed by atoms with E-state index < -0.39 is 12.0 Å². The van der Waals surface area contributed by atoms with Crippen LogP contribution in [0.3, 0.4) is 0 Å². The zero-order chi connectivity index (χ0) is 27.2.